The van der Waals surface area contributed by atoms with Gasteiger partial charge in [-0.25, -0.2) is 13.4 Å². The molecule has 1 aromatic heterocycles. The van der Waals surface area contributed by atoms with Gasteiger partial charge in [-0.05, 0) is 37.5 Å². The number of rotatable bonds is 5. The van der Waals surface area contributed by atoms with E-state index in [0.717, 1.165) is 11.3 Å². The summed E-state index contributed by atoms with van der Waals surface area (Å²) in [5, 5.41) is 0. The third kappa shape index (κ3) is 4.91. The van der Waals surface area contributed by atoms with Gasteiger partial charge in [-0.2, -0.15) is 0 Å². The summed E-state index contributed by atoms with van der Waals surface area (Å²) in [5.74, 6) is 0.608. The summed E-state index contributed by atoms with van der Waals surface area (Å²) in [5.41, 5.74) is 1.76. The van der Waals surface area contributed by atoms with Gasteiger partial charge in [-0.3, -0.25) is 4.72 Å². The van der Waals surface area contributed by atoms with E-state index >= 15 is 0 Å². The van der Waals surface area contributed by atoms with Crippen molar-refractivity contribution in [2.75, 3.05) is 16.4 Å². The first-order valence-electron chi connectivity index (χ1n) is 5.34. The molecule has 1 rings (SSSR count). The second-order valence-electron chi connectivity index (χ2n) is 4.31. The molecule has 96 valence electrons. The highest BCUT2D eigenvalue weighted by Crippen LogP contribution is 2.12. The molecule has 0 bridgehead atoms. The SMILES string of the molecule is Cc1cc(C)nc(NS(=O)(=O)CC(C)CCl)c1. The zero-order valence-corrected chi connectivity index (χ0v) is 11.8. The highest BCUT2D eigenvalue weighted by Gasteiger charge is 2.15. The van der Waals surface area contributed by atoms with Gasteiger partial charge in [0.25, 0.3) is 0 Å². The number of pyridine rings is 1. The standard InChI is InChI=1S/C11H17ClN2O2S/c1-8-4-10(3)13-11(5-8)14-17(15,16)7-9(2)6-12/h4-5,9H,6-7H2,1-3H3,(H,13,14). The molecule has 1 heterocycles. The van der Waals surface area contributed by atoms with E-state index in [1.807, 2.05) is 19.9 Å². The molecule has 1 unspecified atom stereocenters. The molecule has 0 aromatic carbocycles. The van der Waals surface area contributed by atoms with Crippen molar-refractivity contribution >= 4 is 27.4 Å². The molecule has 0 aliphatic rings. The van der Waals surface area contributed by atoms with Gasteiger partial charge in [0.05, 0.1) is 5.75 Å². The van der Waals surface area contributed by atoms with Crippen molar-refractivity contribution in [2.24, 2.45) is 5.92 Å². The van der Waals surface area contributed by atoms with Gasteiger partial charge >= 0.3 is 0 Å². The molecule has 0 saturated heterocycles. The number of aryl methyl sites for hydroxylation is 2. The fourth-order valence-corrected chi connectivity index (χ4v) is 3.13. The summed E-state index contributed by atoms with van der Waals surface area (Å²) in [6, 6.07) is 3.59. The van der Waals surface area contributed by atoms with E-state index in [1.54, 1.807) is 13.0 Å². The lowest BCUT2D eigenvalue weighted by molar-refractivity contribution is 0.588. The quantitative estimate of drug-likeness (QED) is 0.840. The van der Waals surface area contributed by atoms with Crippen LogP contribution < -0.4 is 4.72 Å². The van der Waals surface area contributed by atoms with Gasteiger partial charge in [-0.15, -0.1) is 11.6 Å². The highest BCUT2D eigenvalue weighted by atomic mass is 35.5. The number of alkyl halides is 1. The summed E-state index contributed by atoms with van der Waals surface area (Å²) in [6.45, 7) is 5.52. The number of anilines is 1. The van der Waals surface area contributed by atoms with Crippen LogP contribution in [0.25, 0.3) is 0 Å². The monoisotopic (exact) mass is 276 g/mol. The van der Waals surface area contributed by atoms with Crippen molar-refractivity contribution in [2.45, 2.75) is 20.8 Å². The van der Waals surface area contributed by atoms with Crippen LogP contribution in [0.5, 0.6) is 0 Å². The number of halogens is 1. The van der Waals surface area contributed by atoms with E-state index in [-0.39, 0.29) is 11.7 Å². The highest BCUT2D eigenvalue weighted by molar-refractivity contribution is 7.92. The van der Waals surface area contributed by atoms with Crippen molar-refractivity contribution in [3.05, 3.63) is 23.4 Å². The van der Waals surface area contributed by atoms with Crippen molar-refractivity contribution in [1.29, 1.82) is 0 Å². The first kappa shape index (κ1) is 14.3. The van der Waals surface area contributed by atoms with Gasteiger partial charge in [-0.1, -0.05) is 6.92 Å². The van der Waals surface area contributed by atoms with Gasteiger partial charge < -0.3 is 0 Å². The van der Waals surface area contributed by atoms with Gasteiger partial charge in [0.1, 0.15) is 5.82 Å². The third-order valence-electron chi connectivity index (χ3n) is 2.13. The molecule has 17 heavy (non-hydrogen) atoms. The number of aromatic nitrogens is 1. The number of nitrogens with one attached hydrogen (secondary N) is 1. The van der Waals surface area contributed by atoms with E-state index in [9.17, 15) is 8.42 Å². The van der Waals surface area contributed by atoms with Crippen LogP contribution in [-0.2, 0) is 10.0 Å². The predicted octanol–water partition coefficient (Wildman–Crippen LogP) is 2.32. The molecule has 0 amide bonds. The maximum atomic E-state index is 11.8. The smallest absolute Gasteiger partial charge is 0.234 e. The summed E-state index contributed by atoms with van der Waals surface area (Å²) in [7, 11) is -3.38. The molecule has 0 saturated carbocycles. The molecule has 0 fully saturated rings. The van der Waals surface area contributed by atoms with Crippen LogP contribution in [0, 0.1) is 19.8 Å². The lowest BCUT2D eigenvalue weighted by atomic mass is 10.2. The Labute approximate surface area is 107 Å². The van der Waals surface area contributed by atoms with Crippen LogP contribution in [-0.4, -0.2) is 25.0 Å². The largest absolute Gasteiger partial charge is 0.267 e. The van der Waals surface area contributed by atoms with Crippen molar-refractivity contribution in [3.63, 3.8) is 0 Å². The summed E-state index contributed by atoms with van der Waals surface area (Å²) < 4.78 is 26.0. The fraction of sp³-hybridized carbons (Fsp3) is 0.545. The molecular weight excluding hydrogens is 260 g/mol. The fourth-order valence-electron chi connectivity index (χ4n) is 1.51. The Bertz CT molecular complexity index is 468. The Morgan fingerprint density at radius 3 is 2.59 bits per heavy atom. The average molecular weight is 277 g/mol. The maximum absolute atomic E-state index is 11.8. The topological polar surface area (TPSA) is 59.1 Å². The van der Waals surface area contributed by atoms with E-state index in [1.165, 1.54) is 0 Å². The minimum atomic E-state index is -3.38. The summed E-state index contributed by atoms with van der Waals surface area (Å²) in [6.07, 6.45) is 0. The Balaban J connectivity index is 2.83. The van der Waals surface area contributed by atoms with Crippen LogP contribution in [0.15, 0.2) is 12.1 Å². The lowest BCUT2D eigenvalue weighted by Gasteiger charge is -2.11. The van der Waals surface area contributed by atoms with E-state index in [4.69, 9.17) is 11.6 Å². The van der Waals surface area contributed by atoms with Crippen molar-refractivity contribution in [3.8, 4) is 0 Å². The second kappa shape index (κ2) is 5.69. The Morgan fingerprint density at radius 1 is 1.41 bits per heavy atom. The summed E-state index contributed by atoms with van der Waals surface area (Å²) >= 11 is 5.60. The van der Waals surface area contributed by atoms with Crippen LogP contribution in [0.1, 0.15) is 18.2 Å². The zero-order chi connectivity index (χ0) is 13.1. The molecule has 4 nitrogen and oxygen atoms in total. The second-order valence-corrected chi connectivity index (χ2v) is 6.39. The van der Waals surface area contributed by atoms with Crippen LogP contribution in [0.2, 0.25) is 0 Å². The average Bonchev–Trinajstić information content (AvgIpc) is 2.13. The van der Waals surface area contributed by atoms with Crippen LogP contribution >= 0.6 is 11.6 Å². The van der Waals surface area contributed by atoms with Gasteiger partial charge in [0.2, 0.25) is 10.0 Å². The third-order valence-corrected chi connectivity index (χ3v) is 4.18. The van der Waals surface area contributed by atoms with Crippen LogP contribution in [0.4, 0.5) is 5.82 Å². The van der Waals surface area contributed by atoms with Crippen molar-refractivity contribution < 1.29 is 8.42 Å². The Kier molecular flexibility index (Phi) is 4.77. The number of sulfonamides is 1. The first-order valence-corrected chi connectivity index (χ1v) is 7.53. The number of nitrogens with zero attached hydrogens (tertiary/aromatic N) is 1. The molecular formula is C11H17ClN2O2S. The van der Waals surface area contributed by atoms with E-state index in [2.05, 4.69) is 9.71 Å². The molecule has 0 radical (unpaired) electrons. The van der Waals surface area contributed by atoms with Crippen LogP contribution in [0.3, 0.4) is 0 Å². The molecule has 0 spiro atoms. The Hall–Kier alpha value is -0.810. The first-order chi connectivity index (χ1) is 7.82. The normalized spacial score (nSPS) is 13.4. The molecule has 1 atom stereocenters. The Morgan fingerprint density at radius 2 is 2.06 bits per heavy atom. The molecule has 0 aliphatic carbocycles. The molecule has 6 heteroatoms. The molecule has 1 N–H and O–H groups in total. The minimum absolute atomic E-state index is 0.00513. The maximum Gasteiger partial charge on any atom is 0.234 e. The van der Waals surface area contributed by atoms with Gasteiger partial charge in [0, 0.05) is 11.6 Å². The van der Waals surface area contributed by atoms with Gasteiger partial charge in [0.15, 0.2) is 0 Å². The molecule has 1 aromatic rings. The number of hydrogen-bond acceptors (Lipinski definition) is 3. The van der Waals surface area contributed by atoms with E-state index < -0.39 is 10.0 Å². The summed E-state index contributed by atoms with van der Waals surface area (Å²) in [4.78, 5) is 4.13. The van der Waals surface area contributed by atoms with Crippen molar-refractivity contribution in [1.82, 2.24) is 4.98 Å². The van der Waals surface area contributed by atoms with E-state index in [0.29, 0.717) is 11.7 Å². The zero-order valence-electron chi connectivity index (χ0n) is 10.2. The predicted molar refractivity (Wildman–Crippen MR) is 71.0 cm³/mol. The minimum Gasteiger partial charge on any atom is -0.267 e. The lowest BCUT2D eigenvalue weighted by Crippen LogP contribution is -2.22. The number of hydrogen-bond donors (Lipinski definition) is 1. The molecule has 0 aliphatic heterocycles.